The smallest absolute Gasteiger partial charge is 0.399 e. The van der Waals surface area contributed by atoms with E-state index in [2.05, 4.69) is 10.3 Å². The summed E-state index contributed by atoms with van der Waals surface area (Å²) in [5.74, 6) is -1.88. The molecular formula is C20H17Cl3F3N2O-. The molecule has 1 atom stereocenters. The molecule has 3 nitrogen and oxygen atoms in total. The first-order chi connectivity index (χ1) is 13.6. The van der Waals surface area contributed by atoms with Crippen molar-refractivity contribution in [2.75, 3.05) is 6.54 Å². The summed E-state index contributed by atoms with van der Waals surface area (Å²) in [7, 11) is 0. The average Bonchev–Trinajstić information content (AvgIpc) is 2.59. The zero-order valence-electron chi connectivity index (χ0n) is 15.2. The summed E-state index contributed by atoms with van der Waals surface area (Å²) in [6.45, 7) is 2.30. The number of aliphatic imine (C=N–C) groups is 1. The summed E-state index contributed by atoms with van der Waals surface area (Å²) < 4.78 is 40.6. The molecule has 1 N–H and O–H groups in total. The molecule has 0 fully saturated rings. The van der Waals surface area contributed by atoms with Gasteiger partial charge in [-0.3, -0.25) is 4.99 Å². The van der Waals surface area contributed by atoms with Gasteiger partial charge in [-0.2, -0.15) is 13.2 Å². The van der Waals surface area contributed by atoms with Crippen molar-refractivity contribution in [1.82, 2.24) is 5.32 Å². The molecule has 9 heteroatoms. The van der Waals surface area contributed by atoms with E-state index in [0.717, 1.165) is 6.08 Å². The number of hydrogen-bond donors (Lipinski definition) is 1. The van der Waals surface area contributed by atoms with Gasteiger partial charge >= 0.3 is 6.18 Å². The Kier molecular flexibility index (Phi) is 8.25. The molecule has 0 spiro atoms. The fraction of sp³-hybridized carbons (Fsp3) is 0.250. The molecule has 0 amide bonds. The third-order valence-electron chi connectivity index (χ3n) is 3.88. The molecule has 0 radical (unpaired) electrons. The lowest BCUT2D eigenvalue weighted by molar-refractivity contribution is -0.222. The number of nitrogens with one attached hydrogen (secondary N) is 1. The second-order valence-corrected chi connectivity index (χ2v) is 7.36. The lowest BCUT2D eigenvalue weighted by Gasteiger charge is -2.18. The standard InChI is InChI=1S/C20H18Cl3F3N2O/c1-2-27-19(29)28-11-13-5-3-12(7-18(13)23)4-6-17(20(24,25)26)14-8-15(21)10-16(22)9-14/h3-10,17H,2,11H2,1H3,(H2,27,28,29)/p-1/b6-4+. The van der Waals surface area contributed by atoms with Gasteiger partial charge in [-0.25, -0.2) is 0 Å². The maximum Gasteiger partial charge on any atom is 0.399 e. The summed E-state index contributed by atoms with van der Waals surface area (Å²) in [5.41, 5.74) is 0.998. The van der Waals surface area contributed by atoms with Gasteiger partial charge in [-0.05, 0) is 47.9 Å². The highest BCUT2D eigenvalue weighted by atomic mass is 35.5. The van der Waals surface area contributed by atoms with E-state index in [0.29, 0.717) is 22.7 Å². The molecule has 29 heavy (non-hydrogen) atoms. The van der Waals surface area contributed by atoms with E-state index in [1.165, 1.54) is 30.3 Å². The first-order valence-corrected chi connectivity index (χ1v) is 9.68. The molecule has 0 bridgehead atoms. The van der Waals surface area contributed by atoms with E-state index in [1.54, 1.807) is 19.1 Å². The summed E-state index contributed by atoms with van der Waals surface area (Å²) in [6, 6.07) is 8.10. The summed E-state index contributed by atoms with van der Waals surface area (Å²) in [4.78, 5) is 3.81. The summed E-state index contributed by atoms with van der Waals surface area (Å²) in [6.07, 6.45) is -2.18. The van der Waals surface area contributed by atoms with Crippen molar-refractivity contribution in [1.29, 1.82) is 0 Å². The quantitative estimate of drug-likeness (QED) is 0.432. The SMILES string of the molecule is CCNC([O-])=NCc1ccc(/C=C/C(c2cc(Cl)cc(Cl)c2)C(F)(F)F)cc1Cl. The molecule has 2 rings (SSSR count). The van der Waals surface area contributed by atoms with Crippen LogP contribution in [-0.4, -0.2) is 18.7 Å². The van der Waals surface area contributed by atoms with Crippen LogP contribution in [0, 0.1) is 0 Å². The molecule has 0 heterocycles. The largest absolute Gasteiger partial charge is 0.846 e. The number of rotatable bonds is 6. The van der Waals surface area contributed by atoms with Crippen molar-refractivity contribution >= 4 is 46.9 Å². The number of benzene rings is 2. The number of allylic oxidation sites excluding steroid dienone is 1. The topological polar surface area (TPSA) is 47.4 Å². The average molecular weight is 465 g/mol. The minimum atomic E-state index is -4.53. The Morgan fingerprint density at radius 3 is 2.34 bits per heavy atom. The van der Waals surface area contributed by atoms with Gasteiger partial charge in [0.2, 0.25) is 0 Å². The fourth-order valence-corrected chi connectivity index (χ4v) is 3.32. The van der Waals surface area contributed by atoms with Gasteiger partial charge in [0, 0.05) is 27.6 Å². The minimum absolute atomic E-state index is 0.0605. The Hall–Kier alpha value is -1.89. The third kappa shape index (κ3) is 7.14. The maximum absolute atomic E-state index is 13.5. The van der Waals surface area contributed by atoms with Gasteiger partial charge < -0.3 is 10.4 Å². The van der Waals surface area contributed by atoms with E-state index in [9.17, 15) is 18.3 Å². The van der Waals surface area contributed by atoms with Crippen LogP contribution in [0.3, 0.4) is 0 Å². The normalized spacial score (nSPS) is 13.7. The van der Waals surface area contributed by atoms with Gasteiger partial charge in [0.15, 0.2) is 0 Å². The molecule has 0 aromatic heterocycles. The Morgan fingerprint density at radius 2 is 1.79 bits per heavy atom. The fourth-order valence-electron chi connectivity index (χ4n) is 2.53. The van der Waals surface area contributed by atoms with E-state index in [1.807, 2.05) is 0 Å². The molecule has 0 saturated heterocycles. The first-order valence-electron chi connectivity index (χ1n) is 8.54. The van der Waals surface area contributed by atoms with Crippen LogP contribution in [0.25, 0.3) is 6.08 Å². The highest BCUT2D eigenvalue weighted by Gasteiger charge is 2.39. The van der Waals surface area contributed by atoms with Crippen LogP contribution < -0.4 is 10.4 Å². The number of amidine groups is 1. The molecule has 0 aliphatic heterocycles. The van der Waals surface area contributed by atoms with Crippen molar-refractivity contribution < 1.29 is 18.3 Å². The lowest BCUT2D eigenvalue weighted by atomic mass is 9.97. The highest BCUT2D eigenvalue weighted by Crippen LogP contribution is 2.38. The Labute approximate surface area is 181 Å². The van der Waals surface area contributed by atoms with Crippen LogP contribution in [0.5, 0.6) is 0 Å². The molecule has 2 aromatic carbocycles. The molecule has 2 aromatic rings. The van der Waals surface area contributed by atoms with Crippen molar-refractivity contribution in [2.45, 2.75) is 25.6 Å². The Morgan fingerprint density at radius 1 is 1.14 bits per heavy atom. The number of nitrogens with zero attached hydrogens (tertiary/aromatic N) is 1. The van der Waals surface area contributed by atoms with Gasteiger partial charge in [-0.1, -0.05) is 59.1 Å². The van der Waals surface area contributed by atoms with Crippen LogP contribution in [0.1, 0.15) is 29.5 Å². The van der Waals surface area contributed by atoms with Crippen LogP contribution in [-0.2, 0) is 6.54 Å². The van der Waals surface area contributed by atoms with Gasteiger partial charge in [-0.15, -0.1) is 0 Å². The zero-order valence-corrected chi connectivity index (χ0v) is 17.5. The van der Waals surface area contributed by atoms with Crippen molar-refractivity contribution in [2.24, 2.45) is 4.99 Å². The molecule has 0 saturated carbocycles. The third-order valence-corrected chi connectivity index (χ3v) is 4.66. The second-order valence-electron chi connectivity index (χ2n) is 6.08. The summed E-state index contributed by atoms with van der Waals surface area (Å²) in [5, 5.41) is 14.5. The van der Waals surface area contributed by atoms with E-state index in [-0.39, 0.29) is 22.2 Å². The van der Waals surface area contributed by atoms with E-state index in [4.69, 9.17) is 34.8 Å². The number of halogens is 6. The number of hydrogen-bond acceptors (Lipinski definition) is 2. The van der Waals surface area contributed by atoms with E-state index < -0.39 is 18.1 Å². The van der Waals surface area contributed by atoms with E-state index >= 15 is 0 Å². The van der Waals surface area contributed by atoms with Crippen LogP contribution in [0.4, 0.5) is 13.2 Å². The minimum Gasteiger partial charge on any atom is -0.846 e. The number of alkyl halides is 3. The predicted octanol–water partition coefficient (Wildman–Crippen LogP) is 5.83. The first kappa shape index (κ1) is 23.4. The molecule has 1 unspecified atom stereocenters. The van der Waals surface area contributed by atoms with Gasteiger partial charge in [0.05, 0.1) is 12.5 Å². The predicted molar refractivity (Wildman–Crippen MR) is 111 cm³/mol. The molecule has 0 aliphatic carbocycles. The molecular weight excluding hydrogens is 448 g/mol. The van der Waals surface area contributed by atoms with Crippen molar-refractivity contribution in [3.05, 3.63) is 74.2 Å². The van der Waals surface area contributed by atoms with Crippen molar-refractivity contribution in [3.63, 3.8) is 0 Å². The molecule has 0 aliphatic rings. The Bertz CT molecular complexity index is 894. The lowest BCUT2D eigenvalue weighted by Crippen LogP contribution is -2.34. The highest BCUT2D eigenvalue weighted by molar-refractivity contribution is 6.34. The maximum atomic E-state index is 13.5. The second kappa shape index (κ2) is 10.2. The van der Waals surface area contributed by atoms with Gasteiger partial charge in [0.25, 0.3) is 0 Å². The van der Waals surface area contributed by atoms with Crippen LogP contribution in [0.2, 0.25) is 15.1 Å². The van der Waals surface area contributed by atoms with Crippen LogP contribution in [0.15, 0.2) is 47.5 Å². The van der Waals surface area contributed by atoms with Crippen molar-refractivity contribution in [3.8, 4) is 0 Å². The molecule has 156 valence electrons. The Balaban J connectivity index is 2.25. The van der Waals surface area contributed by atoms with Crippen LogP contribution >= 0.6 is 34.8 Å². The monoisotopic (exact) mass is 463 g/mol. The van der Waals surface area contributed by atoms with Gasteiger partial charge in [0.1, 0.15) is 0 Å². The summed E-state index contributed by atoms with van der Waals surface area (Å²) >= 11 is 17.9. The zero-order chi connectivity index (χ0) is 21.6.